The molecule has 1 aromatic rings. The van der Waals surface area contributed by atoms with E-state index in [9.17, 15) is 0 Å². The van der Waals surface area contributed by atoms with Gasteiger partial charge in [-0.1, -0.05) is 18.9 Å². The maximum Gasteiger partial charge on any atom is 0.414 e. The number of methoxy groups -OCH3 is 2. The van der Waals surface area contributed by atoms with Crippen LogP contribution in [0.25, 0.3) is 0 Å². The van der Waals surface area contributed by atoms with Crippen molar-refractivity contribution in [2.45, 2.75) is 51.1 Å². The second-order valence-electron chi connectivity index (χ2n) is 7.76. The van der Waals surface area contributed by atoms with Crippen LogP contribution in [0, 0.1) is 0 Å². The summed E-state index contributed by atoms with van der Waals surface area (Å²) in [5.74, 6) is -2.01. The molecule has 0 aromatic heterocycles. The number of piperidine rings is 1. The Kier molecular flexibility index (Phi) is 9.89. The molecule has 8 heteroatoms. The van der Waals surface area contributed by atoms with E-state index in [2.05, 4.69) is 21.9 Å². The second kappa shape index (κ2) is 12.4. The van der Waals surface area contributed by atoms with Crippen molar-refractivity contribution in [1.29, 1.82) is 0 Å². The molecule has 0 bridgehead atoms. The van der Waals surface area contributed by atoms with Crippen LogP contribution in [0.15, 0.2) is 18.2 Å². The third kappa shape index (κ3) is 7.50. The molecule has 2 fully saturated rings. The highest BCUT2D eigenvalue weighted by molar-refractivity contribution is 6.27. The maximum atomic E-state index is 9.10. The van der Waals surface area contributed by atoms with Crippen molar-refractivity contribution in [3.8, 4) is 11.5 Å². The second-order valence-corrected chi connectivity index (χ2v) is 7.76. The number of hydrogen-bond acceptors (Lipinski definition) is 6. The molecule has 2 aliphatic heterocycles. The smallest absolute Gasteiger partial charge is 0.414 e. The Morgan fingerprint density at radius 3 is 1.97 bits per heavy atom. The minimum atomic E-state index is -1.82. The van der Waals surface area contributed by atoms with Crippen molar-refractivity contribution < 1.29 is 29.3 Å². The van der Waals surface area contributed by atoms with Gasteiger partial charge in [0.15, 0.2) is 11.5 Å². The zero-order valence-electron chi connectivity index (χ0n) is 18.0. The van der Waals surface area contributed by atoms with Gasteiger partial charge in [-0.05, 0) is 69.6 Å². The van der Waals surface area contributed by atoms with E-state index < -0.39 is 11.9 Å². The Hall–Kier alpha value is -2.32. The van der Waals surface area contributed by atoms with Crippen LogP contribution in [-0.2, 0) is 16.1 Å². The standard InChI is InChI=1S/C20H32N2O2.C2H2O4/c1-23-19-8-7-17(15-20(19)24-2)16-21-13-9-18(10-14-21)22-11-5-3-4-6-12-22;3-1(4)2(5)6/h7-8,15,18H,3-6,9-14,16H2,1-2H3;(H,3,4)(H,5,6). The molecule has 0 radical (unpaired) electrons. The van der Waals surface area contributed by atoms with Gasteiger partial charge in [-0.2, -0.15) is 0 Å². The Labute approximate surface area is 178 Å². The molecule has 8 nitrogen and oxygen atoms in total. The third-order valence-electron chi connectivity index (χ3n) is 5.75. The molecule has 2 aliphatic rings. The SMILES string of the molecule is COc1ccc(CN2CCC(N3CCCCCC3)CC2)cc1OC.O=C(O)C(=O)O. The van der Waals surface area contributed by atoms with E-state index in [1.165, 1.54) is 70.3 Å². The van der Waals surface area contributed by atoms with Gasteiger partial charge in [0.25, 0.3) is 0 Å². The number of rotatable bonds is 5. The van der Waals surface area contributed by atoms with Gasteiger partial charge in [0.05, 0.1) is 14.2 Å². The number of hydrogen-bond donors (Lipinski definition) is 2. The molecule has 2 heterocycles. The van der Waals surface area contributed by atoms with Gasteiger partial charge in [0.2, 0.25) is 0 Å². The first-order valence-corrected chi connectivity index (χ1v) is 10.6. The topological polar surface area (TPSA) is 99.5 Å². The number of aliphatic carboxylic acids is 2. The molecule has 2 N–H and O–H groups in total. The Balaban J connectivity index is 0.000000469. The molecule has 0 saturated carbocycles. The lowest BCUT2D eigenvalue weighted by Gasteiger charge is -2.38. The number of ether oxygens (including phenoxy) is 2. The molecule has 0 aliphatic carbocycles. The first-order chi connectivity index (χ1) is 14.4. The highest BCUT2D eigenvalue weighted by Gasteiger charge is 2.25. The fourth-order valence-corrected chi connectivity index (χ4v) is 4.14. The number of likely N-dealkylation sites (tertiary alicyclic amines) is 2. The maximum absolute atomic E-state index is 9.10. The van der Waals surface area contributed by atoms with Gasteiger partial charge in [-0.15, -0.1) is 0 Å². The molecule has 30 heavy (non-hydrogen) atoms. The molecule has 1 aromatic carbocycles. The zero-order chi connectivity index (χ0) is 21.9. The van der Waals surface area contributed by atoms with E-state index in [0.717, 1.165) is 24.1 Å². The van der Waals surface area contributed by atoms with E-state index in [1.807, 2.05) is 6.07 Å². The minimum Gasteiger partial charge on any atom is -0.493 e. The Bertz CT molecular complexity index is 668. The van der Waals surface area contributed by atoms with Crippen LogP contribution in [0.3, 0.4) is 0 Å². The number of nitrogens with zero attached hydrogens (tertiary/aromatic N) is 2. The average molecular weight is 423 g/mol. The van der Waals surface area contributed by atoms with Crippen molar-refractivity contribution in [3.63, 3.8) is 0 Å². The first-order valence-electron chi connectivity index (χ1n) is 10.6. The minimum absolute atomic E-state index is 0.807. The number of carboxylic acids is 2. The highest BCUT2D eigenvalue weighted by atomic mass is 16.5. The van der Waals surface area contributed by atoms with Gasteiger partial charge in [0, 0.05) is 12.6 Å². The van der Waals surface area contributed by atoms with Crippen LogP contribution < -0.4 is 9.47 Å². The summed E-state index contributed by atoms with van der Waals surface area (Å²) in [6.07, 6.45) is 8.27. The van der Waals surface area contributed by atoms with E-state index in [0.29, 0.717) is 0 Å². The van der Waals surface area contributed by atoms with Crippen molar-refractivity contribution in [2.24, 2.45) is 0 Å². The number of carboxylic acid groups (broad SMARTS) is 2. The van der Waals surface area contributed by atoms with Gasteiger partial charge in [-0.25, -0.2) is 9.59 Å². The van der Waals surface area contributed by atoms with Gasteiger partial charge >= 0.3 is 11.9 Å². The lowest BCUT2D eigenvalue weighted by atomic mass is 10.0. The summed E-state index contributed by atoms with van der Waals surface area (Å²) >= 11 is 0. The molecule has 0 atom stereocenters. The van der Waals surface area contributed by atoms with Crippen molar-refractivity contribution in [1.82, 2.24) is 9.80 Å². The molecule has 168 valence electrons. The van der Waals surface area contributed by atoms with Crippen molar-refractivity contribution in [3.05, 3.63) is 23.8 Å². The van der Waals surface area contributed by atoms with Crippen LogP contribution >= 0.6 is 0 Å². The molecule has 3 rings (SSSR count). The van der Waals surface area contributed by atoms with Gasteiger partial charge in [0.1, 0.15) is 0 Å². The van der Waals surface area contributed by atoms with E-state index in [-0.39, 0.29) is 0 Å². The number of carbonyl (C=O) groups is 2. The highest BCUT2D eigenvalue weighted by Crippen LogP contribution is 2.29. The normalized spacial score (nSPS) is 18.6. The van der Waals surface area contributed by atoms with Crippen LogP contribution in [0.4, 0.5) is 0 Å². The summed E-state index contributed by atoms with van der Waals surface area (Å²) in [5, 5.41) is 14.8. The van der Waals surface area contributed by atoms with E-state index in [1.54, 1.807) is 14.2 Å². The van der Waals surface area contributed by atoms with Crippen LogP contribution in [-0.4, -0.2) is 78.4 Å². The van der Waals surface area contributed by atoms with Crippen molar-refractivity contribution >= 4 is 11.9 Å². The lowest BCUT2D eigenvalue weighted by molar-refractivity contribution is -0.159. The quantitative estimate of drug-likeness (QED) is 0.699. The molecular formula is C22H34N2O6. The summed E-state index contributed by atoms with van der Waals surface area (Å²) in [7, 11) is 3.39. The fourth-order valence-electron chi connectivity index (χ4n) is 4.14. The monoisotopic (exact) mass is 422 g/mol. The summed E-state index contributed by atoms with van der Waals surface area (Å²) in [6, 6.07) is 7.09. The fraction of sp³-hybridized carbons (Fsp3) is 0.636. The summed E-state index contributed by atoms with van der Waals surface area (Å²) in [5.41, 5.74) is 1.31. The Morgan fingerprint density at radius 1 is 0.900 bits per heavy atom. The van der Waals surface area contributed by atoms with Gasteiger partial charge < -0.3 is 24.6 Å². The van der Waals surface area contributed by atoms with E-state index in [4.69, 9.17) is 29.3 Å². The van der Waals surface area contributed by atoms with Crippen LogP contribution in [0.2, 0.25) is 0 Å². The molecule has 2 saturated heterocycles. The molecular weight excluding hydrogens is 388 g/mol. The van der Waals surface area contributed by atoms with Gasteiger partial charge in [-0.3, -0.25) is 4.90 Å². The predicted octanol–water partition coefficient (Wildman–Crippen LogP) is 2.70. The Morgan fingerprint density at radius 2 is 1.47 bits per heavy atom. The van der Waals surface area contributed by atoms with Crippen molar-refractivity contribution in [2.75, 3.05) is 40.4 Å². The first kappa shape index (κ1) is 24.0. The summed E-state index contributed by atoms with van der Waals surface area (Å²) < 4.78 is 10.8. The lowest BCUT2D eigenvalue weighted by Crippen LogP contribution is -2.45. The van der Waals surface area contributed by atoms with Crippen LogP contribution in [0.1, 0.15) is 44.1 Å². The number of benzene rings is 1. The average Bonchev–Trinajstić information content (AvgIpc) is 3.04. The predicted molar refractivity (Wildman–Crippen MR) is 113 cm³/mol. The summed E-state index contributed by atoms with van der Waals surface area (Å²) in [6.45, 7) is 6.05. The molecule has 0 unspecified atom stereocenters. The molecule has 0 spiro atoms. The van der Waals surface area contributed by atoms with Crippen LogP contribution in [0.5, 0.6) is 11.5 Å². The third-order valence-corrected chi connectivity index (χ3v) is 5.75. The zero-order valence-corrected chi connectivity index (χ0v) is 18.0. The summed E-state index contributed by atoms with van der Waals surface area (Å²) in [4.78, 5) is 23.5. The molecule has 0 amide bonds. The van der Waals surface area contributed by atoms with E-state index >= 15 is 0 Å². The largest absolute Gasteiger partial charge is 0.493 e.